The van der Waals surface area contributed by atoms with Crippen LogP contribution in [0.15, 0.2) is 229 Å². The van der Waals surface area contributed by atoms with Gasteiger partial charge < -0.3 is 4.42 Å². The summed E-state index contributed by atoms with van der Waals surface area (Å²) in [5.41, 5.74) is 15.9. The predicted molar refractivity (Wildman–Crippen MR) is 252 cm³/mol. The van der Waals surface area contributed by atoms with Crippen LogP contribution < -0.4 is 0 Å². The molecule has 9 aromatic carbocycles. The lowest BCUT2D eigenvalue weighted by molar-refractivity contribution is 0.665. The van der Waals surface area contributed by atoms with Gasteiger partial charge >= 0.3 is 0 Å². The van der Waals surface area contributed by atoms with Gasteiger partial charge in [0.15, 0.2) is 17.5 Å². The average Bonchev–Trinajstić information content (AvgIpc) is 3.88. The minimum Gasteiger partial charge on any atom is -0.456 e. The largest absolute Gasteiger partial charge is 0.456 e. The molecule has 4 nitrogen and oxygen atoms in total. The molecular formula is C58H37N3O. The smallest absolute Gasteiger partial charge is 0.164 e. The maximum absolute atomic E-state index is 6.78. The third-order valence-electron chi connectivity index (χ3n) is 12.4. The van der Waals surface area contributed by atoms with Crippen LogP contribution in [0.5, 0.6) is 0 Å². The van der Waals surface area contributed by atoms with E-state index in [2.05, 4.69) is 152 Å². The van der Waals surface area contributed by atoms with Crippen molar-refractivity contribution in [3.05, 3.63) is 247 Å². The van der Waals surface area contributed by atoms with E-state index in [0.29, 0.717) is 17.5 Å². The highest BCUT2D eigenvalue weighted by atomic mass is 16.3. The number of hydrogen-bond acceptors (Lipinski definition) is 4. The standard InChI is InChI=1S/C58H37N3O/c1-4-16-38(17-5-1)41-22-14-23-42(34-41)43-24-15-25-45(35-43)58(51-28-12-10-26-47(51)48-27-11-13-29-52(48)58)46-31-32-49-50-36-44(30-33-53(50)62-54(49)37-46)57-60-55(39-18-6-2-7-19-39)59-56(61-57)40-20-8-3-9-21-40/h1-37H. The summed E-state index contributed by atoms with van der Waals surface area (Å²) in [7, 11) is 0. The SMILES string of the molecule is c1ccc(-c2cccc(-c3cccc(C4(c5ccc6c(c5)oc5ccc(-c7nc(-c8ccccc8)nc(-c8ccccc8)n7)cc56)c5ccccc5-c5ccccc54)c3)c2)cc1. The van der Waals surface area contributed by atoms with Gasteiger partial charge in [0.05, 0.1) is 5.41 Å². The molecule has 0 spiro atoms. The van der Waals surface area contributed by atoms with E-state index in [1.165, 1.54) is 50.1 Å². The number of rotatable bonds is 7. The second kappa shape index (κ2) is 14.5. The fourth-order valence-electron chi connectivity index (χ4n) is 9.55. The molecule has 0 atom stereocenters. The number of benzene rings is 9. The molecule has 0 bridgehead atoms. The molecule has 12 rings (SSSR count). The molecule has 0 fully saturated rings. The van der Waals surface area contributed by atoms with Crippen molar-refractivity contribution in [2.24, 2.45) is 0 Å². The van der Waals surface area contributed by atoms with Crippen molar-refractivity contribution in [1.82, 2.24) is 15.0 Å². The maximum atomic E-state index is 6.78. The summed E-state index contributed by atoms with van der Waals surface area (Å²) in [6.07, 6.45) is 0. The minimum absolute atomic E-state index is 0.606. The van der Waals surface area contributed by atoms with Gasteiger partial charge in [0.1, 0.15) is 11.2 Å². The van der Waals surface area contributed by atoms with Crippen LogP contribution in [-0.4, -0.2) is 15.0 Å². The first-order valence-electron chi connectivity index (χ1n) is 21.0. The fourth-order valence-corrected chi connectivity index (χ4v) is 9.55. The second-order valence-electron chi connectivity index (χ2n) is 15.9. The van der Waals surface area contributed by atoms with Crippen molar-refractivity contribution in [2.75, 3.05) is 0 Å². The normalized spacial score (nSPS) is 12.6. The number of fused-ring (bicyclic) bond motifs is 6. The van der Waals surface area contributed by atoms with E-state index in [1.807, 2.05) is 72.8 Å². The van der Waals surface area contributed by atoms with E-state index in [9.17, 15) is 0 Å². The zero-order chi connectivity index (χ0) is 41.0. The van der Waals surface area contributed by atoms with Crippen LogP contribution in [0.3, 0.4) is 0 Å². The first-order chi connectivity index (χ1) is 30.7. The summed E-state index contributed by atoms with van der Waals surface area (Å²) in [4.78, 5) is 14.9. The molecule has 0 N–H and O–H groups in total. The van der Waals surface area contributed by atoms with Gasteiger partial charge in [0, 0.05) is 27.5 Å². The molecule has 0 radical (unpaired) electrons. The Morgan fingerprint density at radius 2 is 0.774 bits per heavy atom. The van der Waals surface area contributed by atoms with Crippen molar-refractivity contribution in [1.29, 1.82) is 0 Å². The van der Waals surface area contributed by atoms with Crippen molar-refractivity contribution in [3.63, 3.8) is 0 Å². The number of nitrogens with zero attached hydrogens (tertiary/aromatic N) is 3. The van der Waals surface area contributed by atoms with Crippen molar-refractivity contribution < 1.29 is 4.42 Å². The van der Waals surface area contributed by atoms with E-state index >= 15 is 0 Å². The van der Waals surface area contributed by atoms with Gasteiger partial charge in [0.2, 0.25) is 0 Å². The Morgan fingerprint density at radius 3 is 1.40 bits per heavy atom. The Bertz CT molecular complexity index is 3360. The monoisotopic (exact) mass is 791 g/mol. The lowest BCUT2D eigenvalue weighted by atomic mass is 9.67. The van der Waals surface area contributed by atoms with E-state index in [1.54, 1.807) is 0 Å². The number of hydrogen-bond donors (Lipinski definition) is 0. The van der Waals surface area contributed by atoms with Crippen LogP contribution in [0.25, 0.3) is 89.5 Å². The van der Waals surface area contributed by atoms with Gasteiger partial charge in [-0.25, -0.2) is 15.0 Å². The Hall–Kier alpha value is -8.21. The molecule has 0 amide bonds. The van der Waals surface area contributed by atoms with Crippen LogP contribution >= 0.6 is 0 Å². The lowest BCUT2D eigenvalue weighted by Crippen LogP contribution is -2.28. The summed E-state index contributed by atoms with van der Waals surface area (Å²) in [5.74, 6) is 1.87. The third kappa shape index (κ3) is 5.80. The zero-order valence-electron chi connectivity index (χ0n) is 33.6. The maximum Gasteiger partial charge on any atom is 0.164 e. The summed E-state index contributed by atoms with van der Waals surface area (Å²) in [6, 6.07) is 79.5. The molecule has 1 aliphatic rings. The van der Waals surface area contributed by atoms with Crippen molar-refractivity contribution >= 4 is 21.9 Å². The summed E-state index contributed by atoms with van der Waals surface area (Å²) < 4.78 is 6.78. The zero-order valence-corrected chi connectivity index (χ0v) is 33.6. The predicted octanol–water partition coefficient (Wildman–Crippen LogP) is 14.5. The van der Waals surface area contributed by atoms with E-state index < -0.39 is 5.41 Å². The minimum atomic E-state index is -0.606. The van der Waals surface area contributed by atoms with Gasteiger partial charge in [-0.1, -0.05) is 188 Å². The Balaban J connectivity index is 1.02. The molecule has 1 aliphatic carbocycles. The van der Waals surface area contributed by atoms with Crippen molar-refractivity contribution in [3.8, 4) is 67.5 Å². The molecule has 0 aliphatic heterocycles. The van der Waals surface area contributed by atoms with Crippen LogP contribution in [0, 0.1) is 0 Å². The van der Waals surface area contributed by atoms with Gasteiger partial charge in [-0.2, -0.15) is 0 Å². The molecule has 0 saturated carbocycles. The number of furan rings is 1. The topological polar surface area (TPSA) is 51.8 Å². The number of aromatic nitrogens is 3. The van der Waals surface area contributed by atoms with Crippen LogP contribution in [0.2, 0.25) is 0 Å². The first-order valence-corrected chi connectivity index (χ1v) is 21.0. The molecule has 2 heterocycles. The quantitative estimate of drug-likeness (QED) is 0.161. The summed E-state index contributed by atoms with van der Waals surface area (Å²) in [5, 5.41) is 2.04. The fraction of sp³-hybridized carbons (Fsp3) is 0.0172. The lowest BCUT2D eigenvalue weighted by Gasteiger charge is -2.34. The molecule has 0 saturated heterocycles. The summed E-state index contributed by atoms with van der Waals surface area (Å²) in [6.45, 7) is 0. The molecule has 0 unspecified atom stereocenters. The highest BCUT2D eigenvalue weighted by Gasteiger charge is 2.46. The third-order valence-corrected chi connectivity index (χ3v) is 12.4. The highest BCUT2D eigenvalue weighted by Crippen LogP contribution is 2.57. The Morgan fingerprint density at radius 1 is 0.290 bits per heavy atom. The molecule has 62 heavy (non-hydrogen) atoms. The molecular weight excluding hydrogens is 755 g/mol. The Kier molecular flexibility index (Phi) is 8.36. The Labute approximate surface area is 359 Å². The average molecular weight is 792 g/mol. The molecule has 290 valence electrons. The van der Waals surface area contributed by atoms with E-state index in [0.717, 1.165) is 44.2 Å². The molecule has 2 aromatic heterocycles. The summed E-state index contributed by atoms with van der Waals surface area (Å²) >= 11 is 0. The second-order valence-corrected chi connectivity index (χ2v) is 15.9. The van der Waals surface area contributed by atoms with Gasteiger partial charge in [-0.15, -0.1) is 0 Å². The molecule has 11 aromatic rings. The van der Waals surface area contributed by atoms with Crippen LogP contribution in [0.1, 0.15) is 22.3 Å². The molecule has 4 heteroatoms. The van der Waals surface area contributed by atoms with Gasteiger partial charge in [-0.05, 0) is 92.0 Å². The van der Waals surface area contributed by atoms with Gasteiger partial charge in [0.25, 0.3) is 0 Å². The van der Waals surface area contributed by atoms with Crippen molar-refractivity contribution in [2.45, 2.75) is 5.41 Å². The highest BCUT2D eigenvalue weighted by molar-refractivity contribution is 6.06. The van der Waals surface area contributed by atoms with E-state index in [4.69, 9.17) is 19.4 Å². The van der Waals surface area contributed by atoms with Crippen LogP contribution in [0.4, 0.5) is 0 Å². The van der Waals surface area contributed by atoms with E-state index in [-0.39, 0.29) is 0 Å². The van der Waals surface area contributed by atoms with Gasteiger partial charge in [-0.3, -0.25) is 0 Å². The van der Waals surface area contributed by atoms with Crippen LogP contribution in [-0.2, 0) is 5.41 Å². The first kappa shape index (κ1) is 35.7.